The van der Waals surface area contributed by atoms with Crippen molar-refractivity contribution in [2.45, 2.75) is 93.9 Å². The summed E-state index contributed by atoms with van der Waals surface area (Å²) in [6.07, 6.45) is 1.86. The molecule has 404 valence electrons. The topological polar surface area (TPSA) is 39.9 Å². The van der Waals surface area contributed by atoms with E-state index in [4.69, 9.17) is 4.42 Å². The molecule has 13 aromatic rings. The maximum absolute atomic E-state index is 13.1. The van der Waals surface area contributed by atoms with E-state index in [-0.39, 0.29) is 17.6 Å². The first-order valence-electron chi connectivity index (χ1n) is 29.4. The van der Waals surface area contributed by atoms with Crippen LogP contribution in [0.3, 0.4) is 0 Å². The molecule has 4 heteroatoms. The summed E-state index contributed by atoms with van der Waals surface area (Å²) >= 11 is 0. The summed E-state index contributed by atoms with van der Waals surface area (Å²) < 4.78 is 7.37. The van der Waals surface area contributed by atoms with Gasteiger partial charge >= 0.3 is 0 Å². The van der Waals surface area contributed by atoms with Gasteiger partial charge in [0.1, 0.15) is 11.3 Å². The minimum Gasteiger partial charge on any atom is -0.505 e. The Balaban J connectivity index is 1.10. The lowest BCUT2D eigenvalue weighted by Gasteiger charge is -2.33. The van der Waals surface area contributed by atoms with Crippen LogP contribution in [0.4, 0.5) is 34.1 Å². The smallest absolute Gasteiger partial charge is 0.159 e. The van der Waals surface area contributed by atoms with Gasteiger partial charge in [-0.05, 0) is 183 Å². The Labute approximate surface area is 482 Å². The number of phenols is 1. The van der Waals surface area contributed by atoms with Gasteiger partial charge in [0.05, 0.1) is 22.7 Å². The number of aromatic hydroxyl groups is 1. The van der Waals surface area contributed by atoms with Crippen molar-refractivity contribution in [2.24, 2.45) is 0 Å². The van der Waals surface area contributed by atoms with E-state index in [0.717, 1.165) is 113 Å². The van der Waals surface area contributed by atoms with Crippen molar-refractivity contribution in [3.05, 3.63) is 245 Å². The molecule has 0 radical (unpaired) electrons. The molecule has 0 spiro atoms. The molecule has 1 aromatic heterocycles. The van der Waals surface area contributed by atoms with E-state index >= 15 is 0 Å². The van der Waals surface area contributed by atoms with E-state index in [9.17, 15) is 5.11 Å². The first kappa shape index (κ1) is 52.3. The summed E-state index contributed by atoms with van der Waals surface area (Å²) in [4.78, 5) is 4.84. The number of benzene rings is 12. The molecule has 82 heavy (non-hydrogen) atoms. The molecule has 0 aliphatic carbocycles. The van der Waals surface area contributed by atoms with Gasteiger partial charge in [0.25, 0.3) is 0 Å². The van der Waals surface area contributed by atoms with Crippen LogP contribution < -0.4 is 9.80 Å². The third-order valence-corrected chi connectivity index (χ3v) is 17.4. The fourth-order valence-electron chi connectivity index (χ4n) is 13.2. The Kier molecular flexibility index (Phi) is 13.2. The molecule has 0 saturated carbocycles. The molecule has 0 unspecified atom stereocenters. The molecule has 4 nitrogen and oxygen atoms in total. The normalized spacial score (nSPS) is 11.9. The van der Waals surface area contributed by atoms with Gasteiger partial charge in [-0.1, -0.05) is 199 Å². The second-order valence-corrected chi connectivity index (χ2v) is 23.3. The Bertz CT molecular complexity index is 4630. The highest BCUT2D eigenvalue weighted by molar-refractivity contribution is 6.30. The van der Waals surface area contributed by atoms with Crippen molar-refractivity contribution >= 4 is 88.4 Å². The first-order chi connectivity index (χ1) is 39.8. The Morgan fingerprint density at radius 3 is 1.40 bits per heavy atom. The molecule has 0 atom stereocenters. The van der Waals surface area contributed by atoms with Crippen molar-refractivity contribution in [3.8, 4) is 39.1 Å². The van der Waals surface area contributed by atoms with E-state index in [0.29, 0.717) is 0 Å². The number of para-hydroxylation sites is 3. The van der Waals surface area contributed by atoms with Gasteiger partial charge in [0, 0.05) is 44.0 Å². The summed E-state index contributed by atoms with van der Waals surface area (Å²) in [6, 6.07) is 73.4. The Hall–Kier alpha value is -9.12. The van der Waals surface area contributed by atoms with Crippen LogP contribution in [-0.2, 0) is 12.8 Å². The molecule has 0 saturated heterocycles. The van der Waals surface area contributed by atoms with Crippen LogP contribution in [0.15, 0.2) is 205 Å². The highest BCUT2D eigenvalue weighted by Gasteiger charge is 2.30. The number of rotatable bonds is 13. The molecule has 12 aromatic carbocycles. The fraction of sp³-hybridized carbons (Fsp3) is 0.179. The molecule has 0 aliphatic rings. The average molecular weight is 1070 g/mol. The minimum absolute atomic E-state index is 0.174. The largest absolute Gasteiger partial charge is 0.505 e. The van der Waals surface area contributed by atoms with Crippen molar-refractivity contribution in [2.75, 3.05) is 9.80 Å². The van der Waals surface area contributed by atoms with Gasteiger partial charge in [0.15, 0.2) is 5.58 Å². The number of fused-ring (bicyclic) bond motifs is 3. The van der Waals surface area contributed by atoms with Gasteiger partial charge in [-0.2, -0.15) is 0 Å². The number of anilines is 6. The maximum atomic E-state index is 13.1. The van der Waals surface area contributed by atoms with Crippen LogP contribution in [0.25, 0.3) is 87.6 Å². The van der Waals surface area contributed by atoms with Gasteiger partial charge < -0.3 is 19.3 Å². The van der Waals surface area contributed by atoms with Gasteiger partial charge in [0.2, 0.25) is 0 Å². The van der Waals surface area contributed by atoms with Crippen LogP contribution in [-0.4, -0.2) is 5.11 Å². The maximum Gasteiger partial charge on any atom is 0.159 e. The highest BCUT2D eigenvalue weighted by Crippen LogP contribution is 2.54. The third-order valence-electron chi connectivity index (χ3n) is 17.4. The predicted molar refractivity (Wildman–Crippen MR) is 351 cm³/mol. The Morgan fingerprint density at radius 2 is 0.817 bits per heavy atom. The molecule has 0 bridgehead atoms. The van der Waals surface area contributed by atoms with Gasteiger partial charge in [-0.25, -0.2) is 0 Å². The summed E-state index contributed by atoms with van der Waals surface area (Å²) in [5, 5.41) is 22.5. The number of furan rings is 1. The second kappa shape index (κ2) is 20.8. The van der Waals surface area contributed by atoms with Crippen LogP contribution >= 0.6 is 0 Å². The first-order valence-corrected chi connectivity index (χ1v) is 29.4. The van der Waals surface area contributed by atoms with Gasteiger partial charge in [-0.15, -0.1) is 0 Å². The molecule has 0 aliphatic heterocycles. The third kappa shape index (κ3) is 8.58. The van der Waals surface area contributed by atoms with E-state index in [1.54, 1.807) is 0 Å². The molecule has 1 N–H and O–H groups in total. The van der Waals surface area contributed by atoms with Crippen LogP contribution in [0.2, 0.25) is 0 Å². The highest BCUT2D eigenvalue weighted by atomic mass is 16.3. The Morgan fingerprint density at radius 1 is 0.366 bits per heavy atom. The molecule has 1 heterocycles. The molecular weight excluding hydrogens is 997 g/mol. The number of nitrogens with zero attached hydrogens (tertiary/aromatic N) is 2. The summed E-state index contributed by atoms with van der Waals surface area (Å²) in [5.74, 6) is 0.597. The molecule has 0 fully saturated rings. The molecular formula is C78H70N2O2. The number of aryl methyl sites for hydroxylation is 6. The van der Waals surface area contributed by atoms with Crippen molar-refractivity contribution in [3.63, 3.8) is 0 Å². The SMILES string of the molecule is CCc1ccccc1-c1cccc(-c2cccc(N(c3cc(C)ccc3C)c3cc(C(C)C)c4ccc5c(N(c6cc(C)ccc6C)c6cccc7c6oc6c(-c8ccccc8CC)cccc67)cc(C(C)C)c6ccc3c4c65)c2O)c1. The minimum atomic E-state index is 0.174. The molecule has 13 rings (SSSR count). The van der Waals surface area contributed by atoms with Crippen LogP contribution in [0.1, 0.15) is 97.9 Å². The lowest BCUT2D eigenvalue weighted by Crippen LogP contribution is -2.14. The summed E-state index contributed by atoms with van der Waals surface area (Å²) in [6.45, 7) is 22.5. The lowest BCUT2D eigenvalue weighted by atomic mass is 9.84. The fourth-order valence-corrected chi connectivity index (χ4v) is 13.2. The van der Waals surface area contributed by atoms with Gasteiger partial charge in [-0.3, -0.25) is 0 Å². The van der Waals surface area contributed by atoms with E-state index < -0.39 is 0 Å². The zero-order valence-corrected chi connectivity index (χ0v) is 48.9. The predicted octanol–water partition coefficient (Wildman–Crippen LogP) is 22.7. The number of hydrogen-bond donors (Lipinski definition) is 1. The number of phenolic OH excluding ortho intramolecular Hbond substituents is 1. The monoisotopic (exact) mass is 1070 g/mol. The van der Waals surface area contributed by atoms with Crippen LogP contribution in [0.5, 0.6) is 5.75 Å². The van der Waals surface area contributed by atoms with E-state index in [1.165, 1.54) is 66.1 Å². The zero-order valence-electron chi connectivity index (χ0n) is 48.9. The summed E-state index contributed by atoms with van der Waals surface area (Å²) in [7, 11) is 0. The standard InChI is InChI=1S/C78H70N2O2/c1-11-52-21-13-15-25-56(52)54-23-17-24-55(43-54)58-27-19-31-68(76(58)81)79(70-41-48(7)33-35-50(70)9)72-44-66(46(3)4)59-38-40-65-73(45-67(47(5)6)60-37-39-64(72)74(59)75(60)65)80(71-42-49(8)34-36-51(71)10)69-32-20-30-63-62-29-18-28-61(77(62)82-78(63)69)57-26-16-14-22-53(57)12-2/h13-47,81H,11-12H2,1-10H3. The summed E-state index contributed by atoms with van der Waals surface area (Å²) in [5.41, 5.74) is 23.8. The lowest BCUT2D eigenvalue weighted by molar-refractivity contribution is 0.478. The van der Waals surface area contributed by atoms with E-state index in [1.807, 2.05) is 0 Å². The van der Waals surface area contributed by atoms with E-state index in [2.05, 4.69) is 279 Å². The second-order valence-electron chi connectivity index (χ2n) is 23.3. The van der Waals surface area contributed by atoms with Crippen molar-refractivity contribution in [1.82, 2.24) is 0 Å². The quantitative estimate of drug-likeness (QED) is 0.117. The van der Waals surface area contributed by atoms with Crippen LogP contribution in [0, 0.1) is 27.7 Å². The zero-order chi connectivity index (χ0) is 56.7. The van der Waals surface area contributed by atoms with Crippen molar-refractivity contribution < 1.29 is 9.52 Å². The average Bonchev–Trinajstić information content (AvgIpc) is 3.74. The number of hydrogen-bond acceptors (Lipinski definition) is 4. The van der Waals surface area contributed by atoms with Crippen molar-refractivity contribution in [1.29, 1.82) is 0 Å². The molecule has 0 amide bonds.